The molecule has 0 heterocycles. The number of hydrogen-bond acceptors (Lipinski definition) is 2. The summed E-state index contributed by atoms with van der Waals surface area (Å²) in [7, 11) is 0. The standard InChI is InChI=1S/C9H15NO3/c1-3-5-8(11)10(4-2)7-6-9(12)13/h3H,1,4-7H2,2H3,(H,12,13). The number of nitrogens with zero attached hydrogens (tertiary/aromatic N) is 1. The summed E-state index contributed by atoms with van der Waals surface area (Å²) in [5, 5.41) is 8.41. The lowest BCUT2D eigenvalue weighted by atomic mass is 10.3. The van der Waals surface area contributed by atoms with Crippen molar-refractivity contribution in [1.29, 1.82) is 0 Å². The molecule has 13 heavy (non-hydrogen) atoms. The van der Waals surface area contributed by atoms with Crippen LogP contribution in [-0.2, 0) is 9.59 Å². The quantitative estimate of drug-likeness (QED) is 0.625. The van der Waals surface area contributed by atoms with Gasteiger partial charge in [-0.25, -0.2) is 0 Å². The summed E-state index contributed by atoms with van der Waals surface area (Å²) in [5.74, 6) is -0.955. The van der Waals surface area contributed by atoms with Gasteiger partial charge in [-0.05, 0) is 6.92 Å². The number of carboxylic acids is 1. The Morgan fingerprint density at radius 3 is 2.54 bits per heavy atom. The fraction of sp³-hybridized carbons (Fsp3) is 0.556. The fourth-order valence-corrected chi connectivity index (χ4v) is 0.942. The van der Waals surface area contributed by atoms with Crippen molar-refractivity contribution in [3.05, 3.63) is 12.7 Å². The molecule has 0 aromatic heterocycles. The van der Waals surface area contributed by atoms with Crippen LogP contribution < -0.4 is 0 Å². The highest BCUT2D eigenvalue weighted by molar-refractivity contribution is 5.78. The van der Waals surface area contributed by atoms with Crippen LogP contribution in [0.4, 0.5) is 0 Å². The maximum Gasteiger partial charge on any atom is 0.305 e. The molecule has 0 aliphatic heterocycles. The summed E-state index contributed by atoms with van der Waals surface area (Å²) in [6, 6.07) is 0. The summed E-state index contributed by atoms with van der Waals surface area (Å²) in [5.41, 5.74) is 0. The molecule has 0 bridgehead atoms. The second-order valence-corrected chi connectivity index (χ2v) is 2.61. The molecular formula is C9H15NO3. The van der Waals surface area contributed by atoms with Crippen molar-refractivity contribution < 1.29 is 14.7 Å². The lowest BCUT2D eigenvalue weighted by Gasteiger charge is -2.18. The van der Waals surface area contributed by atoms with Crippen LogP contribution in [0.25, 0.3) is 0 Å². The maximum absolute atomic E-state index is 11.2. The van der Waals surface area contributed by atoms with Gasteiger partial charge in [0.05, 0.1) is 6.42 Å². The van der Waals surface area contributed by atoms with Gasteiger partial charge in [0.1, 0.15) is 0 Å². The van der Waals surface area contributed by atoms with E-state index in [1.807, 2.05) is 6.92 Å². The van der Waals surface area contributed by atoms with E-state index in [0.29, 0.717) is 6.54 Å². The molecule has 0 aromatic carbocycles. The summed E-state index contributed by atoms with van der Waals surface area (Å²) < 4.78 is 0. The third-order valence-corrected chi connectivity index (χ3v) is 1.65. The number of aliphatic carboxylic acids is 1. The zero-order chi connectivity index (χ0) is 10.3. The lowest BCUT2D eigenvalue weighted by Crippen LogP contribution is -2.32. The zero-order valence-corrected chi connectivity index (χ0v) is 7.82. The maximum atomic E-state index is 11.2. The highest BCUT2D eigenvalue weighted by Crippen LogP contribution is 1.96. The molecule has 0 aliphatic rings. The summed E-state index contributed by atoms with van der Waals surface area (Å²) >= 11 is 0. The molecule has 0 aromatic rings. The van der Waals surface area contributed by atoms with E-state index in [0.717, 1.165) is 0 Å². The van der Waals surface area contributed by atoms with Gasteiger partial charge in [0.15, 0.2) is 0 Å². The molecule has 0 unspecified atom stereocenters. The van der Waals surface area contributed by atoms with Gasteiger partial charge in [-0.3, -0.25) is 9.59 Å². The van der Waals surface area contributed by atoms with E-state index < -0.39 is 5.97 Å². The smallest absolute Gasteiger partial charge is 0.305 e. The van der Waals surface area contributed by atoms with E-state index in [4.69, 9.17) is 5.11 Å². The summed E-state index contributed by atoms with van der Waals surface area (Å²) in [6.45, 7) is 6.09. The van der Waals surface area contributed by atoms with Crippen LogP contribution in [0.2, 0.25) is 0 Å². The fourth-order valence-electron chi connectivity index (χ4n) is 0.942. The Balaban J connectivity index is 3.93. The minimum Gasteiger partial charge on any atom is -0.481 e. The lowest BCUT2D eigenvalue weighted by molar-refractivity contribution is -0.138. The number of carbonyl (C=O) groups is 2. The highest BCUT2D eigenvalue weighted by Gasteiger charge is 2.10. The minimum atomic E-state index is -0.884. The zero-order valence-electron chi connectivity index (χ0n) is 7.82. The summed E-state index contributed by atoms with van der Waals surface area (Å²) in [6.07, 6.45) is 1.79. The van der Waals surface area contributed by atoms with Crippen LogP contribution in [0.3, 0.4) is 0 Å². The Morgan fingerprint density at radius 1 is 1.54 bits per heavy atom. The molecule has 4 nitrogen and oxygen atoms in total. The van der Waals surface area contributed by atoms with Crippen molar-refractivity contribution in [2.45, 2.75) is 19.8 Å². The number of rotatable bonds is 6. The predicted octanol–water partition coefficient (Wildman–Crippen LogP) is 0.886. The molecule has 0 spiro atoms. The monoisotopic (exact) mass is 185 g/mol. The van der Waals surface area contributed by atoms with E-state index in [1.165, 1.54) is 11.0 Å². The van der Waals surface area contributed by atoms with Crippen molar-refractivity contribution in [3.63, 3.8) is 0 Å². The Bertz CT molecular complexity index is 201. The number of carbonyl (C=O) groups excluding carboxylic acids is 1. The van der Waals surface area contributed by atoms with Crippen LogP contribution in [0.1, 0.15) is 19.8 Å². The molecule has 0 rings (SSSR count). The molecule has 1 N–H and O–H groups in total. The van der Waals surface area contributed by atoms with Crippen molar-refractivity contribution >= 4 is 11.9 Å². The molecule has 0 radical (unpaired) electrons. The van der Waals surface area contributed by atoms with Crippen LogP contribution in [-0.4, -0.2) is 35.0 Å². The van der Waals surface area contributed by atoms with Gasteiger partial charge >= 0.3 is 5.97 Å². The van der Waals surface area contributed by atoms with Gasteiger partial charge in [0.2, 0.25) is 5.91 Å². The molecule has 0 atom stereocenters. The second kappa shape index (κ2) is 6.22. The Kier molecular flexibility index (Phi) is 5.59. The van der Waals surface area contributed by atoms with E-state index in [2.05, 4.69) is 6.58 Å². The van der Waals surface area contributed by atoms with Crippen molar-refractivity contribution in [2.24, 2.45) is 0 Å². The average Bonchev–Trinajstić information content (AvgIpc) is 2.05. The highest BCUT2D eigenvalue weighted by atomic mass is 16.4. The molecule has 0 saturated heterocycles. The van der Waals surface area contributed by atoms with Crippen LogP contribution in [0, 0.1) is 0 Å². The largest absolute Gasteiger partial charge is 0.481 e. The van der Waals surface area contributed by atoms with Crippen LogP contribution in [0.15, 0.2) is 12.7 Å². The Hall–Kier alpha value is -1.32. The van der Waals surface area contributed by atoms with Gasteiger partial charge < -0.3 is 10.0 Å². The van der Waals surface area contributed by atoms with Gasteiger partial charge in [-0.15, -0.1) is 6.58 Å². The van der Waals surface area contributed by atoms with Gasteiger partial charge in [0, 0.05) is 19.5 Å². The number of hydrogen-bond donors (Lipinski definition) is 1. The van der Waals surface area contributed by atoms with Gasteiger partial charge in [0.25, 0.3) is 0 Å². The predicted molar refractivity (Wildman–Crippen MR) is 49.3 cm³/mol. The van der Waals surface area contributed by atoms with E-state index in [-0.39, 0.29) is 25.3 Å². The van der Waals surface area contributed by atoms with Crippen molar-refractivity contribution in [3.8, 4) is 0 Å². The van der Waals surface area contributed by atoms with Crippen LogP contribution in [0.5, 0.6) is 0 Å². The van der Waals surface area contributed by atoms with Gasteiger partial charge in [-0.2, -0.15) is 0 Å². The number of amides is 1. The molecule has 74 valence electrons. The first-order valence-corrected chi connectivity index (χ1v) is 4.22. The third kappa shape index (κ3) is 5.00. The van der Waals surface area contributed by atoms with Crippen molar-refractivity contribution in [1.82, 2.24) is 4.90 Å². The minimum absolute atomic E-state index is 0.00325. The topological polar surface area (TPSA) is 57.6 Å². The second-order valence-electron chi connectivity index (χ2n) is 2.61. The molecular weight excluding hydrogens is 170 g/mol. The van der Waals surface area contributed by atoms with E-state index in [9.17, 15) is 9.59 Å². The van der Waals surface area contributed by atoms with E-state index >= 15 is 0 Å². The van der Waals surface area contributed by atoms with E-state index in [1.54, 1.807) is 0 Å². The normalized spacial score (nSPS) is 9.31. The van der Waals surface area contributed by atoms with Crippen molar-refractivity contribution in [2.75, 3.05) is 13.1 Å². The molecule has 1 amide bonds. The molecule has 0 fully saturated rings. The average molecular weight is 185 g/mol. The third-order valence-electron chi connectivity index (χ3n) is 1.65. The molecule has 0 saturated carbocycles. The Labute approximate surface area is 77.8 Å². The summed E-state index contributed by atoms with van der Waals surface area (Å²) in [4.78, 5) is 23.0. The molecule has 4 heteroatoms. The first kappa shape index (κ1) is 11.7. The first-order chi connectivity index (χ1) is 6.11. The van der Waals surface area contributed by atoms with Gasteiger partial charge in [-0.1, -0.05) is 6.08 Å². The Morgan fingerprint density at radius 2 is 2.15 bits per heavy atom. The SMILES string of the molecule is C=CCC(=O)N(CC)CCC(=O)O. The first-order valence-electron chi connectivity index (χ1n) is 4.22. The van der Waals surface area contributed by atoms with Crippen LogP contribution >= 0.6 is 0 Å². The molecule has 0 aliphatic carbocycles. The number of carboxylic acid groups (broad SMARTS) is 1.